The van der Waals surface area contributed by atoms with E-state index in [9.17, 15) is 4.39 Å². The molecule has 1 fully saturated rings. The van der Waals surface area contributed by atoms with Crippen molar-refractivity contribution < 1.29 is 4.39 Å². The molecule has 35 heavy (non-hydrogen) atoms. The predicted octanol–water partition coefficient (Wildman–Crippen LogP) is 10.9. The van der Waals surface area contributed by atoms with Gasteiger partial charge in [-0.3, -0.25) is 0 Å². The Bertz CT molecular complexity index is 838. The van der Waals surface area contributed by atoms with Gasteiger partial charge >= 0.3 is 0 Å². The van der Waals surface area contributed by atoms with E-state index in [-0.39, 0.29) is 5.82 Å². The number of nitrogens with one attached hydrogen (secondary N) is 1. The van der Waals surface area contributed by atoms with Gasteiger partial charge in [0.25, 0.3) is 0 Å². The molecule has 0 spiro atoms. The van der Waals surface area contributed by atoms with Gasteiger partial charge in [-0.15, -0.1) is 0 Å². The topological polar surface area (TPSA) is 12.0 Å². The second-order valence-electron chi connectivity index (χ2n) is 11.2. The van der Waals surface area contributed by atoms with Crippen LogP contribution in [0.1, 0.15) is 105 Å². The standard InChI is InChI=1S/C17H20FN.C16H32/c1-6-15(9-7-12(2)3)14(5)19-17-11-16(18)10-8-13(17)4;1-5-9-16(10-6-2)11-7-15(8-12-16)13-14(3)4/h6-11,19H,1,5H2,2-4H3;14-15H,5-13H2,1-4H3/b15-9+;. The number of benzene rings is 1. The largest absolute Gasteiger partial charge is 0.355 e. The summed E-state index contributed by atoms with van der Waals surface area (Å²) in [6.45, 7) is 23.2. The van der Waals surface area contributed by atoms with Crippen LogP contribution in [-0.2, 0) is 0 Å². The van der Waals surface area contributed by atoms with E-state index in [1.54, 1.807) is 12.1 Å². The first-order chi connectivity index (χ1) is 16.6. The molecule has 1 aliphatic rings. The molecule has 0 amide bonds. The van der Waals surface area contributed by atoms with E-state index in [4.69, 9.17) is 0 Å². The van der Waals surface area contributed by atoms with Crippen molar-refractivity contribution in [2.24, 2.45) is 17.3 Å². The summed E-state index contributed by atoms with van der Waals surface area (Å²) in [6, 6.07) is 4.64. The van der Waals surface area contributed by atoms with Gasteiger partial charge in [-0.1, -0.05) is 83.6 Å². The minimum Gasteiger partial charge on any atom is -0.355 e. The summed E-state index contributed by atoms with van der Waals surface area (Å²) in [5.41, 5.74) is 5.19. The van der Waals surface area contributed by atoms with Gasteiger partial charge in [0, 0.05) is 11.4 Å². The third-order valence-electron chi connectivity index (χ3n) is 7.18. The van der Waals surface area contributed by atoms with E-state index in [0.717, 1.165) is 34.1 Å². The van der Waals surface area contributed by atoms with Gasteiger partial charge in [0.1, 0.15) is 5.82 Å². The zero-order valence-electron chi connectivity index (χ0n) is 23.8. The molecular formula is C33H52FN. The molecule has 0 atom stereocenters. The molecule has 0 saturated heterocycles. The molecule has 2 heteroatoms. The molecule has 0 aromatic heterocycles. The number of aryl methyl sites for hydroxylation is 1. The summed E-state index contributed by atoms with van der Waals surface area (Å²) in [7, 11) is 0. The molecule has 1 aromatic carbocycles. The zero-order valence-corrected chi connectivity index (χ0v) is 23.8. The molecule has 0 unspecified atom stereocenters. The highest BCUT2D eigenvalue weighted by Gasteiger charge is 2.33. The van der Waals surface area contributed by atoms with E-state index < -0.39 is 0 Å². The monoisotopic (exact) mass is 481 g/mol. The van der Waals surface area contributed by atoms with Crippen molar-refractivity contribution in [3.8, 4) is 0 Å². The maximum atomic E-state index is 13.2. The molecular weight excluding hydrogens is 429 g/mol. The van der Waals surface area contributed by atoms with E-state index in [0.29, 0.717) is 5.70 Å². The van der Waals surface area contributed by atoms with Crippen LogP contribution < -0.4 is 5.32 Å². The lowest BCUT2D eigenvalue weighted by atomic mass is 9.65. The number of halogens is 1. The average molecular weight is 482 g/mol. The molecule has 1 N–H and O–H groups in total. The van der Waals surface area contributed by atoms with Gasteiger partial charge in [-0.25, -0.2) is 4.39 Å². The number of anilines is 1. The fourth-order valence-corrected chi connectivity index (χ4v) is 5.39. The van der Waals surface area contributed by atoms with Crippen molar-refractivity contribution in [2.45, 2.75) is 106 Å². The minimum atomic E-state index is -0.269. The molecule has 1 nitrogen and oxygen atoms in total. The summed E-state index contributed by atoms with van der Waals surface area (Å²) in [6.07, 6.45) is 18.9. The van der Waals surface area contributed by atoms with Gasteiger partial charge in [0.2, 0.25) is 0 Å². The highest BCUT2D eigenvalue weighted by molar-refractivity contribution is 5.59. The van der Waals surface area contributed by atoms with Crippen LogP contribution >= 0.6 is 0 Å². The molecule has 0 aliphatic heterocycles. The fourth-order valence-electron chi connectivity index (χ4n) is 5.39. The number of hydrogen-bond acceptors (Lipinski definition) is 1. The Labute approximate surface area is 216 Å². The fraction of sp³-hybridized carbons (Fsp3) is 0.576. The molecule has 0 radical (unpaired) electrons. The Morgan fingerprint density at radius 3 is 2.20 bits per heavy atom. The Balaban J connectivity index is 0.000000355. The van der Waals surface area contributed by atoms with Crippen LogP contribution in [0.2, 0.25) is 0 Å². The number of allylic oxidation sites excluding steroid dienone is 4. The third kappa shape index (κ3) is 11.5. The van der Waals surface area contributed by atoms with Crippen molar-refractivity contribution in [2.75, 3.05) is 5.32 Å². The summed E-state index contributed by atoms with van der Waals surface area (Å²) < 4.78 is 13.2. The first-order valence-electron chi connectivity index (χ1n) is 13.8. The van der Waals surface area contributed by atoms with E-state index in [2.05, 4.69) is 46.2 Å². The quantitative estimate of drug-likeness (QED) is 0.310. The predicted molar refractivity (Wildman–Crippen MR) is 155 cm³/mol. The highest BCUT2D eigenvalue weighted by atomic mass is 19.1. The molecule has 1 aliphatic carbocycles. The van der Waals surface area contributed by atoms with E-state index in [1.807, 2.05) is 32.9 Å². The molecule has 1 saturated carbocycles. The van der Waals surface area contributed by atoms with Crippen molar-refractivity contribution in [1.82, 2.24) is 0 Å². The number of hydrogen-bond donors (Lipinski definition) is 1. The normalized spacial score (nSPS) is 15.7. The van der Waals surface area contributed by atoms with Crippen molar-refractivity contribution in [3.05, 3.63) is 77.8 Å². The average Bonchev–Trinajstić information content (AvgIpc) is 2.79. The highest BCUT2D eigenvalue weighted by Crippen LogP contribution is 2.46. The second kappa shape index (κ2) is 15.8. The summed E-state index contributed by atoms with van der Waals surface area (Å²) >= 11 is 0. The van der Waals surface area contributed by atoms with Gasteiger partial charge in [0.05, 0.1) is 0 Å². The second-order valence-corrected chi connectivity index (χ2v) is 11.2. The lowest BCUT2D eigenvalue weighted by molar-refractivity contribution is 0.113. The van der Waals surface area contributed by atoms with Crippen LogP contribution in [0.3, 0.4) is 0 Å². The lowest BCUT2D eigenvalue weighted by Gasteiger charge is -2.41. The van der Waals surface area contributed by atoms with Crippen LogP contribution in [-0.4, -0.2) is 0 Å². The Morgan fingerprint density at radius 1 is 1.11 bits per heavy atom. The van der Waals surface area contributed by atoms with Crippen LogP contribution in [0.25, 0.3) is 0 Å². The molecule has 196 valence electrons. The molecule has 0 heterocycles. The maximum Gasteiger partial charge on any atom is 0.125 e. The summed E-state index contributed by atoms with van der Waals surface area (Å²) in [5.74, 6) is 1.67. The van der Waals surface area contributed by atoms with Crippen LogP contribution in [0, 0.1) is 30.0 Å². The van der Waals surface area contributed by atoms with Crippen molar-refractivity contribution in [1.29, 1.82) is 0 Å². The lowest BCUT2D eigenvalue weighted by Crippen LogP contribution is -2.28. The van der Waals surface area contributed by atoms with Crippen molar-refractivity contribution >= 4 is 5.69 Å². The SMILES string of the molecule is C=C/C(=C\C=C(C)C)C(=C)Nc1cc(F)ccc1C.CCCC1(CCC)CCC(CC(C)C)CC1. The summed E-state index contributed by atoms with van der Waals surface area (Å²) in [5, 5.41) is 3.12. The smallest absolute Gasteiger partial charge is 0.125 e. The minimum absolute atomic E-state index is 0.269. The van der Waals surface area contributed by atoms with Gasteiger partial charge in [-0.2, -0.15) is 0 Å². The van der Waals surface area contributed by atoms with Gasteiger partial charge in [-0.05, 0) is 106 Å². The van der Waals surface area contributed by atoms with Gasteiger partial charge < -0.3 is 5.32 Å². The van der Waals surface area contributed by atoms with Crippen LogP contribution in [0.5, 0.6) is 0 Å². The Kier molecular flexibility index (Phi) is 14.0. The van der Waals surface area contributed by atoms with Crippen LogP contribution in [0.15, 0.2) is 66.4 Å². The first kappa shape index (κ1) is 30.9. The number of rotatable bonds is 11. The molecule has 1 aromatic rings. The van der Waals surface area contributed by atoms with Crippen LogP contribution in [0.4, 0.5) is 10.1 Å². The first-order valence-corrected chi connectivity index (χ1v) is 13.8. The molecule has 2 rings (SSSR count). The Hall–Kier alpha value is -2.09. The van der Waals surface area contributed by atoms with E-state index in [1.165, 1.54) is 75.5 Å². The van der Waals surface area contributed by atoms with Crippen molar-refractivity contribution in [3.63, 3.8) is 0 Å². The molecule has 0 bridgehead atoms. The van der Waals surface area contributed by atoms with Gasteiger partial charge in [0.15, 0.2) is 0 Å². The summed E-state index contributed by atoms with van der Waals surface area (Å²) in [4.78, 5) is 0. The maximum absolute atomic E-state index is 13.2. The third-order valence-corrected chi connectivity index (χ3v) is 7.18. The van der Waals surface area contributed by atoms with E-state index >= 15 is 0 Å². The Morgan fingerprint density at radius 2 is 1.71 bits per heavy atom. The zero-order chi connectivity index (χ0) is 26.4.